The zero-order chi connectivity index (χ0) is 13.0. The molecule has 18 heavy (non-hydrogen) atoms. The number of aromatic nitrogens is 2. The molecule has 5 nitrogen and oxygen atoms in total. The summed E-state index contributed by atoms with van der Waals surface area (Å²) in [5.74, 6) is 2.01. The van der Waals surface area contributed by atoms with E-state index in [-0.39, 0.29) is 0 Å². The van der Waals surface area contributed by atoms with E-state index < -0.39 is 0 Å². The van der Waals surface area contributed by atoms with Crippen LogP contribution in [0.25, 0.3) is 0 Å². The first-order valence-electron chi connectivity index (χ1n) is 6.19. The summed E-state index contributed by atoms with van der Waals surface area (Å²) >= 11 is 3.36. The smallest absolute Gasteiger partial charge is 0.232 e. The predicted octanol–water partition coefficient (Wildman–Crippen LogP) is 1.68. The SMILES string of the molecule is COc1nc(N(C)CC2CCNCC2)ncc1Br. The van der Waals surface area contributed by atoms with Crippen molar-refractivity contribution in [2.24, 2.45) is 5.92 Å². The van der Waals surface area contributed by atoms with Gasteiger partial charge in [-0.25, -0.2) is 4.98 Å². The highest BCUT2D eigenvalue weighted by atomic mass is 79.9. The average molecular weight is 315 g/mol. The number of nitrogens with zero attached hydrogens (tertiary/aromatic N) is 3. The Kier molecular flexibility index (Phi) is 4.77. The molecule has 2 rings (SSSR count). The van der Waals surface area contributed by atoms with Crippen LogP contribution in [-0.4, -0.2) is 43.8 Å². The molecule has 0 bridgehead atoms. The van der Waals surface area contributed by atoms with E-state index in [0.717, 1.165) is 30.0 Å². The number of rotatable bonds is 4. The van der Waals surface area contributed by atoms with Gasteiger partial charge in [0.2, 0.25) is 11.8 Å². The van der Waals surface area contributed by atoms with Crippen molar-refractivity contribution in [1.82, 2.24) is 15.3 Å². The highest BCUT2D eigenvalue weighted by Crippen LogP contribution is 2.24. The van der Waals surface area contributed by atoms with Crippen LogP contribution in [-0.2, 0) is 0 Å². The van der Waals surface area contributed by atoms with Gasteiger partial charge in [-0.2, -0.15) is 4.98 Å². The van der Waals surface area contributed by atoms with Gasteiger partial charge < -0.3 is 15.0 Å². The fraction of sp³-hybridized carbons (Fsp3) is 0.667. The summed E-state index contributed by atoms with van der Waals surface area (Å²) in [5.41, 5.74) is 0. The Balaban J connectivity index is 2.01. The lowest BCUT2D eigenvalue weighted by atomic mass is 9.98. The fourth-order valence-corrected chi connectivity index (χ4v) is 2.56. The Labute approximate surface area is 116 Å². The number of piperidine rings is 1. The minimum absolute atomic E-state index is 0.581. The highest BCUT2D eigenvalue weighted by molar-refractivity contribution is 9.10. The molecule has 1 aromatic rings. The molecule has 1 saturated heterocycles. The highest BCUT2D eigenvalue weighted by Gasteiger charge is 2.17. The molecule has 1 aliphatic heterocycles. The second-order valence-electron chi connectivity index (χ2n) is 4.60. The van der Waals surface area contributed by atoms with Crippen LogP contribution in [0.2, 0.25) is 0 Å². The van der Waals surface area contributed by atoms with Crippen LogP contribution < -0.4 is 15.0 Å². The van der Waals surface area contributed by atoms with Crippen LogP contribution >= 0.6 is 15.9 Å². The second kappa shape index (κ2) is 6.33. The molecule has 0 saturated carbocycles. The number of hydrogen-bond donors (Lipinski definition) is 1. The lowest BCUT2D eigenvalue weighted by Gasteiger charge is -2.27. The first-order valence-corrected chi connectivity index (χ1v) is 6.98. The standard InChI is InChI=1S/C12H19BrN4O/c1-17(8-9-3-5-14-6-4-9)12-15-7-10(13)11(16-12)18-2/h7,9,14H,3-6,8H2,1-2H3. The summed E-state index contributed by atoms with van der Waals surface area (Å²) in [7, 11) is 3.65. The van der Waals surface area contributed by atoms with E-state index in [9.17, 15) is 0 Å². The quantitative estimate of drug-likeness (QED) is 0.916. The Morgan fingerprint density at radius 2 is 2.22 bits per heavy atom. The van der Waals surface area contributed by atoms with Gasteiger partial charge in [-0.1, -0.05) is 0 Å². The summed E-state index contributed by atoms with van der Waals surface area (Å²) in [6.07, 6.45) is 4.18. The molecule has 0 atom stereocenters. The Morgan fingerprint density at radius 3 is 2.89 bits per heavy atom. The lowest BCUT2D eigenvalue weighted by molar-refractivity contribution is 0.374. The molecule has 0 radical (unpaired) electrons. The second-order valence-corrected chi connectivity index (χ2v) is 5.46. The molecule has 1 aromatic heterocycles. The van der Waals surface area contributed by atoms with Gasteiger partial charge in [0.05, 0.1) is 17.8 Å². The van der Waals surface area contributed by atoms with Crippen LogP contribution in [0.4, 0.5) is 5.95 Å². The number of halogens is 1. The van der Waals surface area contributed by atoms with E-state index >= 15 is 0 Å². The molecule has 100 valence electrons. The maximum absolute atomic E-state index is 5.19. The molecular formula is C12H19BrN4O. The van der Waals surface area contributed by atoms with Crippen molar-refractivity contribution in [3.8, 4) is 5.88 Å². The van der Waals surface area contributed by atoms with E-state index in [1.165, 1.54) is 12.8 Å². The molecule has 0 spiro atoms. The Hall–Kier alpha value is -0.880. The predicted molar refractivity (Wildman–Crippen MR) is 75.1 cm³/mol. The molecule has 0 unspecified atom stereocenters. The van der Waals surface area contributed by atoms with Crippen molar-refractivity contribution in [1.29, 1.82) is 0 Å². The van der Waals surface area contributed by atoms with Gasteiger partial charge in [-0.15, -0.1) is 0 Å². The number of anilines is 1. The van der Waals surface area contributed by atoms with Gasteiger partial charge in [0.25, 0.3) is 0 Å². The molecule has 0 amide bonds. The summed E-state index contributed by atoms with van der Waals surface area (Å²) in [6.45, 7) is 3.22. The number of methoxy groups -OCH3 is 1. The topological polar surface area (TPSA) is 50.3 Å². The number of nitrogens with one attached hydrogen (secondary N) is 1. The van der Waals surface area contributed by atoms with Crippen molar-refractivity contribution >= 4 is 21.9 Å². The van der Waals surface area contributed by atoms with Gasteiger partial charge in [-0.3, -0.25) is 0 Å². The van der Waals surface area contributed by atoms with Crippen LogP contribution in [0.5, 0.6) is 5.88 Å². The summed E-state index contributed by atoms with van der Waals surface area (Å²) < 4.78 is 5.97. The van der Waals surface area contributed by atoms with Gasteiger partial charge in [0.15, 0.2) is 0 Å². The molecule has 6 heteroatoms. The maximum atomic E-state index is 5.19. The summed E-state index contributed by atoms with van der Waals surface area (Å²) in [4.78, 5) is 10.8. The molecule has 1 aliphatic rings. The lowest BCUT2D eigenvalue weighted by Crippen LogP contribution is -2.35. The zero-order valence-electron chi connectivity index (χ0n) is 10.8. The van der Waals surface area contributed by atoms with Crippen LogP contribution in [0.15, 0.2) is 10.7 Å². The van der Waals surface area contributed by atoms with Crippen molar-refractivity contribution in [3.63, 3.8) is 0 Å². The third-order valence-corrected chi connectivity index (χ3v) is 3.77. The maximum Gasteiger partial charge on any atom is 0.232 e. The fourth-order valence-electron chi connectivity index (χ4n) is 2.20. The first kappa shape index (κ1) is 13.5. The Morgan fingerprint density at radius 1 is 1.50 bits per heavy atom. The normalized spacial score (nSPS) is 16.6. The molecule has 0 aliphatic carbocycles. The van der Waals surface area contributed by atoms with Crippen molar-refractivity contribution in [3.05, 3.63) is 10.7 Å². The van der Waals surface area contributed by atoms with Crippen LogP contribution in [0, 0.1) is 5.92 Å². The van der Waals surface area contributed by atoms with Gasteiger partial charge >= 0.3 is 0 Å². The first-order chi connectivity index (χ1) is 8.70. The molecule has 1 N–H and O–H groups in total. The average Bonchev–Trinajstić information content (AvgIpc) is 2.40. The monoisotopic (exact) mass is 314 g/mol. The van der Waals surface area contributed by atoms with E-state index in [0.29, 0.717) is 11.8 Å². The minimum atomic E-state index is 0.581. The minimum Gasteiger partial charge on any atom is -0.480 e. The zero-order valence-corrected chi connectivity index (χ0v) is 12.4. The van der Waals surface area contributed by atoms with Gasteiger partial charge in [-0.05, 0) is 47.8 Å². The molecule has 1 fully saturated rings. The third-order valence-electron chi connectivity index (χ3n) is 3.22. The number of hydrogen-bond acceptors (Lipinski definition) is 5. The van der Waals surface area contributed by atoms with E-state index in [4.69, 9.17) is 4.74 Å². The summed E-state index contributed by atoms with van der Waals surface area (Å²) in [5, 5.41) is 3.38. The van der Waals surface area contributed by atoms with Crippen LogP contribution in [0.1, 0.15) is 12.8 Å². The van der Waals surface area contributed by atoms with E-state index in [1.807, 2.05) is 7.05 Å². The van der Waals surface area contributed by atoms with Crippen molar-refractivity contribution < 1.29 is 4.74 Å². The molecule has 2 heterocycles. The van der Waals surface area contributed by atoms with Gasteiger partial charge in [0, 0.05) is 13.6 Å². The molecule has 0 aromatic carbocycles. The Bertz CT molecular complexity index is 396. The third kappa shape index (κ3) is 3.32. The van der Waals surface area contributed by atoms with E-state index in [2.05, 4.69) is 36.1 Å². The number of ether oxygens (including phenoxy) is 1. The van der Waals surface area contributed by atoms with Crippen LogP contribution in [0.3, 0.4) is 0 Å². The van der Waals surface area contributed by atoms with Gasteiger partial charge in [0.1, 0.15) is 0 Å². The van der Waals surface area contributed by atoms with Crippen molar-refractivity contribution in [2.45, 2.75) is 12.8 Å². The summed E-state index contributed by atoms with van der Waals surface area (Å²) in [6, 6.07) is 0. The molecular weight excluding hydrogens is 296 g/mol. The largest absolute Gasteiger partial charge is 0.480 e. The van der Waals surface area contributed by atoms with E-state index in [1.54, 1.807) is 13.3 Å². The van der Waals surface area contributed by atoms with Crippen molar-refractivity contribution in [2.75, 3.05) is 38.7 Å².